The molecule has 0 aromatic rings. The van der Waals surface area contributed by atoms with Crippen molar-refractivity contribution < 1.29 is 4.79 Å². The molecule has 1 unspecified atom stereocenters. The van der Waals surface area contributed by atoms with Crippen LogP contribution >= 0.6 is 0 Å². The van der Waals surface area contributed by atoms with Crippen LogP contribution in [0, 0.1) is 5.92 Å². The van der Waals surface area contributed by atoms with Gasteiger partial charge in [0.15, 0.2) is 0 Å². The molecular weight excluding hydrogens is 438 g/mol. The highest BCUT2D eigenvalue weighted by Crippen LogP contribution is 2.23. The van der Waals surface area contributed by atoms with Crippen LogP contribution < -0.4 is 0 Å². The van der Waals surface area contributed by atoms with Crippen LogP contribution in [0.1, 0.15) is 168 Å². The fraction of sp³-hybridized carbons (Fsp3) is 0.853. The van der Waals surface area contributed by atoms with Crippen molar-refractivity contribution in [2.24, 2.45) is 5.92 Å². The molecular formula is C34H65NO. The van der Waals surface area contributed by atoms with E-state index in [1.54, 1.807) is 4.90 Å². The van der Waals surface area contributed by atoms with Gasteiger partial charge >= 0.3 is 0 Å². The number of carbonyl (C=O) groups is 1. The number of nitrogens with zero attached hydrogens (tertiary/aromatic N) is 1. The predicted octanol–water partition coefficient (Wildman–Crippen LogP) is 11.2. The van der Waals surface area contributed by atoms with Gasteiger partial charge in [-0.2, -0.15) is 0 Å². The second-order valence-electron chi connectivity index (χ2n) is 11.4. The highest BCUT2D eigenvalue weighted by atomic mass is 16.2. The minimum absolute atomic E-state index is 0.318. The summed E-state index contributed by atoms with van der Waals surface area (Å²) in [5.41, 5.74) is 0. The van der Waals surface area contributed by atoms with Gasteiger partial charge in [-0.1, -0.05) is 128 Å². The van der Waals surface area contributed by atoms with Crippen LogP contribution in [0.4, 0.5) is 0 Å². The first kappa shape index (κ1) is 35.0. The van der Waals surface area contributed by atoms with E-state index in [2.05, 4.69) is 38.2 Å². The number of rotatable bonds is 27. The molecule has 2 heteroatoms. The average Bonchev–Trinajstić information content (AvgIpc) is 2.87. The molecule has 0 fully saturated rings. The van der Waals surface area contributed by atoms with Gasteiger partial charge in [0.2, 0.25) is 5.91 Å². The zero-order valence-electron chi connectivity index (χ0n) is 25.2. The van der Waals surface area contributed by atoms with Crippen molar-refractivity contribution in [3.8, 4) is 0 Å². The lowest BCUT2D eigenvalue weighted by atomic mass is 9.91. The van der Waals surface area contributed by atoms with Crippen LogP contribution in [0.2, 0.25) is 0 Å². The average molecular weight is 504 g/mol. The van der Waals surface area contributed by atoms with Crippen molar-refractivity contribution >= 4 is 5.91 Å². The van der Waals surface area contributed by atoms with Crippen LogP contribution in [0.15, 0.2) is 24.3 Å². The topological polar surface area (TPSA) is 20.3 Å². The van der Waals surface area contributed by atoms with Gasteiger partial charge in [0.05, 0.1) is 0 Å². The Morgan fingerprint density at radius 3 is 1.42 bits per heavy atom. The lowest BCUT2D eigenvalue weighted by Gasteiger charge is -2.19. The molecule has 0 N–H and O–H groups in total. The van der Waals surface area contributed by atoms with E-state index in [9.17, 15) is 4.79 Å². The summed E-state index contributed by atoms with van der Waals surface area (Å²) in [6, 6.07) is 0. The van der Waals surface area contributed by atoms with Gasteiger partial charge in [0.25, 0.3) is 0 Å². The van der Waals surface area contributed by atoms with E-state index in [1.165, 1.54) is 148 Å². The molecule has 1 amide bonds. The van der Waals surface area contributed by atoms with Crippen molar-refractivity contribution in [1.29, 1.82) is 0 Å². The highest BCUT2D eigenvalue weighted by Gasteiger charge is 2.15. The van der Waals surface area contributed by atoms with E-state index in [-0.39, 0.29) is 0 Å². The lowest BCUT2D eigenvalue weighted by molar-refractivity contribution is -0.129. The van der Waals surface area contributed by atoms with Crippen molar-refractivity contribution in [2.45, 2.75) is 168 Å². The van der Waals surface area contributed by atoms with E-state index in [1.807, 2.05) is 14.1 Å². The van der Waals surface area contributed by atoms with Gasteiger partial charge in [-0.15, -0.1) is 0 Å². The summed E-state index contributed by atoms with van der Waals surface area (Å²) in [6.45, 7) is 4.39. The summed E-state index contributed by atoms with van der Waals surface area (Å²) >= 11 is 0. The monoisotopic (exact) mass is 504 g/mol. The van der Waals surface area contributed by atoms with Crippen molar-refractivity contribution in [3.63, 3.8) is 0 Å². The summed E-state index contributed by atoms with van der Waals surface area (Å²) in [5, 5.41) is 0. The lowest BCUT2D eigenvalue weighted by Crippen LogP contribution is -2.24. The molecule has 0 bridgehead atoms. The van der Waals surface area contributed by atoms with E-state index in [0.717, 1.165) is 6.42 Å². The van der Waals surface area contributed by atoms with E-state index in [4.69, 9.17) is 0 Å². The van der Waals surface area contributed by atoms with Crippen LogP contribution in [0.3, 0.4) is 0 Å². The first-order valence-corrected chi connectivity index (χ1v) is 16.1. The fourth-order valence-electron chi connectivity index (χ4n) is 5.03. The molecule has 0 aromatic heterocycles. The van der Waals surface area contributed by atoms with Gasteiger partial charge in [-0.3, -0.25) is 4.79 Å². The third-order valence-corrected chi connectivity index (χ3v) is 7.56. The minimum atomic E-state index is 0.318. The number of carbonyl (C=O) groups excluding carboxylic acids is 1. The van der Waals surface area contributed by atoms with E-state index < -0.39 is 0 Å². The number of hydrogen-bond acceptors (Lipinski definition) is 1. The maximum Gasteiger partial charge on any atom is 0.222 e. The minimum Gasteiger partial charge on any atom is -0.349 e. The first-order chi connectivity index (χ1) is 17.6. The molecule has 0 spiro atoms. The summed E-state index contributed by atoms with van der Waals surface area (Å²) in [5.74, 6) is 0.915. The van der Waals surface area contributed by atoms with Gasteiger partial charge in [0, 0.05) is 20.5 Å². The smallest absolute Gasteiger partial charge is 0.222 e. The standard InChI is InChI=1S/C34H65NO/c1-5-7-9-11-13-15-16-17-18-19-20-21-22-23-25-27-29-31-33(32-34(36)35(3)4)30-28-26-24-14-12-10-8-6-2/h5,7,17-18,33H,6,8-16,19-32H2,1-4H3/b7-5+,18-17-. The van der Waals surface area contributed by atoms with Crippen molar-refractivity contribution in [3.05, 3.63) is 24.3 Å². The Hall–Kier alpha value is -1.05. The summed E-state index contributed by atoms with van der Waals surface area (Å²) in [4.78, 5) is 14.1. The van der Waals surface area contributed by atoms with Crippen molar-refractivity contribution in [1.82, 2.24) is 4.90 Å². The molecule has 0 radical (unpaired) electrons. The molecule has 2 nitrogen and oxygen atoms in total. The molecule has 0 saturated heterocycles. The summed E-state index contributed by atoms with van der Waals surface area (Å²) in [6.07, 6.45) is 40.8. The first-order valence-electron chi connectivity index (χ1n) is 16.1. The molecule has 0 heterocycles. The number of unbranched alkanes of at least 4 members (excludes halogenated alkanes) is 18. The number of hydrogen-bond donors (Lipinski definition) is 0. The predicted molar refractivity (Wildman–Crippen MR) is 163 cm³/mol. The Balaban J connectivity index is 3.72. The van der Waals surface area contributed by atoms with Gasteiger partial charge in [-0.25, -0.2) is 0 Å². The van der Waals surface area contributed by atoms with Crippen LogP contribution in [0.25, 0.3) is 0 Å². The molecule has 0 aliphatic rings. The zero-order chi connectivity index (χ0) is 26.5. The quantitative estimate of drug-likeness (QED) is 0.0806. The molecule has 0 saturated carbocycles. The molecule has 0 aliphatic heterocycles. The second kappa shape index (κ2) is 28.5. The zero-order valence-corrected chi connectivity index (χ0v) is 25.2. The maximum atomic E-state index is 12.3. The maximum absolute atomic E-state index is 12.3. The van der Waals surface area contributed by atoms with Crippen LogP contribution in [0.5, 0.6) is 0 Å². The van der Waals surface area contributed by atoms with Gasteiger partial charge in [-0.05, 0) is 64.2 Å². The summed E-state index contributed by atoms with van der Waals surface area (Å²) < 4.78 is 0. The Bertz CT molecular complexity index is 507. The molecule has 0 aliphatic carbocycles. The largest absolute Gasteiger partial charge is 0.349 e. The van der Waals surface area contributed by atoms with Crippen LogP contribution in [-0.4, -0.2) is 24.9 Å². The Kier molecular flexibility index (Phi) is 27.7. The molecule has 0 aromatic carbocycles. The molecule has 36 heavy (non-hydrogen) atoms. The second-order valence-corrected chi connectivity index (χ2v) is 11.4. The third-order valence-electron chi connectivity index (χ3n) is 7.56. The van der Waals surface area contributed by atoms with Gasteiger partial charge < -0.3 is 4.90 Å². The fourth-order valence-corrected chi connectivity index (χ4v) is 5.03. The molecule has 212 valence electrons. The van der Waals surface area contributed by atoms with Crippen LogP contribution in [-0.2, 0) is 4.79 Å². The Morgan fingerprint density at radius 1 is 0.583 bits per heavy atom. The molecule has 0 rings (SSSR count). The summed E-state index contributed by atoms with van der Waals surface area (Å²) in [7, 11) is 3.80. The van der Waals surface area contributed by atoms with Gasteiger partial charge in [0.1, 0.15) is 0 Å². The molecule has 1 atom stereocenters. The SMILES string of the molecule is C/C=C/CCCCC/C=C\CCCCCCCCCC(CCCCCCCCCC)CC(=O)N(C)C. The third kappa shape index (κ3) is 26.0. The van der Waals surface area contributed by atoms with E-state index >= 15 is 0 Å². The highest BCUT2D eigenvalue weighted by molar-refractivity contribution is 5.75. The van der Waals surface area contributed by atoms with Crippen molar-refractivity contribution in [2.75, 3.05) is 14.1 Å². The number of allylic oxidation sites excluding steroid dienone is 4. The van der Waals surface area contributed by atoms with E-state index in [0.29, 0.717) is 11.8 Å². The Labute approximate surface area is 227 Å². The normalized spacial score (nSPS) is 12.7. The Morgan fingerprint density at radius 2 is 0.972 bits per heavy atom. The number of amides is 1.